The lowest BCUT2D eigenvalue weighted by Gasteiger charge is -2.46. The second-order valence-electron chi connectivity index (χ2n) is 15.0. The summed E-state index contributed by atoms with van der Waals surface area (Å²) >= 11 is 0. The lowest BCUT2D eigenvalue weighted by Crippen LogP contribution is -2.58. The van der Waals surface area contributed by atoms with E-state index in [4.69, 9.17) is 4.74 Å². The van der Waals surface area contributed by atoms with E-state index in [1.807, 2.05) is 24.3 Å². The molecular formula is C46H40N2O2. The third kappa shape index (κ3) is 3.96. The fourth-order valence-corrected chi connectivity index (χ4v) is 9.02. The summed E-state index contributed by atoms with van der Waals surface area (Å²) in [6.07, 6.45) is 10.6. The molecule has 1 atom stereocenters. The Balaban J connectivity index is 1.26. The number of ketones is 1. The van der Waals surface area contributed by atoms with Crippen molar-refractivity contribution in [1.29, 1.82) is 0 Å². The van der Waals surface area contributed by atoms with Gasteiger partial charge >= 0.3 is 0 Å². The third-order valence-electron chi connectivity index (χ3n) is 11.8. The smallest absolute Gasteiger partial charge is 0.211 e. The topological polar surface area (TPSA) is 32.8 Å². The number of likely N-dealkylation sites (N-methyl/N-ethyl adjacent to an activating group) is 2. The van der Waals surface area contributed by atoms with Crippen LogP contribution in [-0.4, -0.2) is 25.6 Å². The number of nitrogens with zero attached hydrogens (tertiary/aromatic N) is 2. The molecule has 0 radical (unpaired) electrons. The summed E-state index contributed by atoms with van der Waals surface area (Å²) in [4.78, 5) is 19.6. The van der Waals surface area contributed by atoms with Crippen molar-refractivity contribution in [2.45, 2.75) is 44.2 Å². The number of ether oxygens (including phenoxy) is 1. The Kier molecular flexibility index (Phi) is 6.36. The van der Waals surface area contributed by atoms with Gasteiger partial charge in [-0.05, 0) is 94.8 Å². The number of carbonyl (C=O) groups is 1. The Labute approximate surface area is 293 Å². The van der Waals surface area contributed by atoms with Crippen LogP contribution in [0.3, 0.4) is 0 Å². The van der Waals surface area contributed by atoms with Crippen LogP contribution in [0.15, 0.2) is 133 Å². The average Bonchev–Trinajstić information content (AvgIpc) is 3.42. The highest BCUT2D eigenvalue weighted by atomic mass is 16.5. The van der Waals surface area contributed by atoms with Crippen LogP contribution in [0.1, 0.15) is 49.9 Å². The molecule has 5 aromatic rings. The normalized spacial score (nSPS) is 22.4. The van der Waals surface area contributed by atoms with E-state index in [2.05, 4.69) is 161 Å². The highest BCUT2D eigenvalue weighted by Crippen LogP contribution is 2.56. The minimum absolute atomic E-state index is 0.00963. The van der Waals surface area contributed by atoms with E-state index in [9.17, 15) is 0 Å². The second kappa shape index (κ2) is 10.4. The van der Waals surface area contributed by atoms with Crippen molar-refractivity contribution in [1.82, 2.24) is 0 Å². The maximum Gasteiger partial charge on any atom is 0.211 e. The number of allylic oxidation sites excluding steroid dienone is 4. The van der Waals surface area contributed by atoms with E-state index in [-0.39, 0.29) is 16.6 Å². The highest BCUT2D eigenvalue weighted by Gasteiger charge is 2.58. The van der Waals surface area contributed by atoms with Crippen molar-refractivity contribution < 1.29 is 9.53 Å². The number of Topliss-reactive ketones (excluding diaryl/α,β-unsaturated/α-hetero) is 1. The molecule has 1 spiro atoms. The zero-order valence-electron chi connectivity index (χ0n) is 29.4. The summed E-state index contributed by atoms with van der Waals surface area (Å²) < 4.78 is 7.42. The van der Waals surface area contributed by atoms with E-state index >= 15 is 4.79 Å². The molecule has 0 saturated heterocycles. The molecule has 50 heavy (non-hydrogen) atoms. The van der Waals surface area contributed by atoms with Gasteiger partial charge in [0, 0.05) is 58.9 Å². The molecule has 0 saturated carbocycles. The Morgan fingerprint density at radius 2 is 1.42 bits per heavy atom. The molecule has 5 aromatic carbocycles. The summed E-state index contributed by atoms with van der Waals surface area (Å²) in [5, 5.41) is 4.00. The highest BCUT2D eigenvalue weighted by molar-refractivity contribution is 6.34. The molecule has 0 unspecified atom stereocenters. The van der Waals surface area contributed by atoms with Crippen LogP contribution in [-0.2, 0) is 15.6 Å². The van der Waals surface area contributed by atoms with Gasteiger partial charge in [0.1, 0.15) is 5.75 Å². The number of benzene rings is 5. The molecule has 0 N–H and O–H groups in total. The molecule has 4 nitrogen and oxygen atoms in total. The number of para-hydroxylation sites is 2. The maximum atomic E-state index is 15.1. The predicted octanol–water partition coefficient (Wildman–Crippen LogP) is 8.17. The number of hydrogen-bond donors (Lipinski definition) is 0. The van der Waals surface area contributed by atoms with Gasteiger partial charge in [-0.15, -0.1) is 0 Å². The van der Waals surface area contributed by atoms with Crippen LogP contribution < -0.4 is 25.0 Å². The molecule has 9 rings (SSSR count). The average molecular weight is 653 g/mol. The lowest BCUT2D eigenvalue weighted by molar-refractivity contribution is -0.110. The van der Waals surface area contributed by atoms with Gasteiger partial charge in [0.25, 0.3) is 0 Å². The van der Waals surface area contributed by atoms with Crippen LogP contribution in [0.5, 0.6) is 5.75 Å². The predicted molar refractivity (Wildman–Crippen MR) is 206 cm³/mol. The Morgan fingerprint density at radius 3 is 2.20 bits per heavy atom. The third-order valence-corrected chi connectivity index (χ3v) is 11.8. The summed E-state index contributed by atoms with van der Waals surface area (Å²) in [5.41, 5.74) is 7.78. The lowest BCUT2D eigenvalue weighted by atomic mass is 9.76. The number of rotatable bonds is 2. The second-order valence-corrected chi connectivity index (χ2v) is 15.0. The standard InChI is InChI=1S/C46H40N2O2/c1-44(2)35-19-11-13-21-37(35)47(5)39(44)24-23-31-27-29-15-7-9-17-33(29)40(42(31)49)41-34-18-10-8-16-30(34)28-32-25-26-46(50-43(32)41)45(3,4)36-20-12-14-22-38(36)48(46)6/h7-28H,1-6H3/t46-/m0/s1. The van der Waals surface area contributed by atoms with Crippen molar-refractivity contribution in [3.05, 3.63) is 165 Å². The molecule has 3 aliphatic heterocycles. The van der Waals surface area contributed by atoms with Gasteiger partial charge in [0.2, 0.25) is 5.72 Å². The van der Waals surface area contributed by atoms with Gasteiger partial charge < -0.3 is 14.5 Å². The van der Waals surface area contributed by atoms with Crippen LogP contribution in [0.4, 0.5) is 11.4 Å². The summed E-state index contributed by atoms with van der Waals surface area (Å²) in [5.74, 6) is 0.730. The summed E-state index contributed by atoms with van der Waals surface area (Å²) in [7, 11) is 4.22. The SMILES string of the molecule is CN1C(=CC=C2C=c3ccccc3=C(c3c4c(cc5ccccc35)C=C[C@@]3(O4)N(C)c4ccccc4C3(C)C)C2=O)C(C)(C)c2ccccc21. The van der Waals surface area contributed by atoms with Crippen molar-refractivity contribution in [2.24, 2.45) is 0 Å². The van der Waals surface area contributed by atoms with Crippen molar-refractivity contribution in [3.8, 4) is 5.75 Å². The van der Waals surface area contributed by atoms with Gasteiger partial charge in [-0.2, -0.15) is 0 Å². The van der Waals surface area contributed by atoms with E-state index in [0.29, 0.717) is 11.1 Å². The Bertz CT molecular complexity index is 2530. The first-order chi connectivity index (χ1) is 24.0. The minimum atomic E-state index is -0.790. The van der Waals surface area contributed by atoms with Gasteiger partial charge in [0.15, 0.2) is 5.78 Å². The monoisotopic (exact) mass is 652 g/mol. The van der Waals surface area contributed by atoms with Crippen LogP contribution >= 0.6 is 0 Å². The number of anilines is 2. The van der Waals surface area contributed by atoms with Crippen molar-refractivity contribution >= 4 is 45.7 Å². The summed E-state index contributed by atoms with van der Waals surface area (Å²) in [6.45, 7) is 9.01. The first-order valence-electron chi connectivity index (χ1n) is 17.4. The first kappa shape index (κ1) is 30.4. The summed E-state index contributed by atoms with van der Waals surface area (Å²) in [6, 6.07) is 35.9. The quantitative estimate of drug-likeness (QED) is 0.180. The molecule has 0 aromatic heterocycles. The Morgan fingerprint density at radius 1 is 0.740 bits per heavy atom. The molecule has 0 amide bonds. The molecule has 4 aliphatic rings. The number of hydrogen-bond acceptors (Lipinski definition) is 4. The largest absolute Gasteiger partial charge is 0.462 e. The zero-order chi connectivity index (χ0) is 34.6. The molecule has 1 aliphatic carbocycles. The van der Waals surface area contributed by atoms with Crippen molar-refractivity contribution in [3.63, 3.8) is 0 Å². The first-order valence-corrected chi connectivity index (χ1v) is 17.4. The van der Waals surface area contributed by atoms with Crippen LogP contribution in [0.25, 0.3) is 28.5 Å². The van der Waals surface area contributed by atoms with Gasteiger partial charge in [0.05, 0.1) is 5.41 Å². The van der Waals surface area contributed by atoms with Gasteiger partial charge in [-0.3, -0.25) is 4.79 Å². The molecule has 0 bridgehead atoms. The number of carbonyl (C=O) groups excluding carboxylic acids is 1. The van der Waals surface area contributed by atoms with E-state index < -0.39 is 5.72 Å². The van der Waals surface area contributed by atoms with Crippen LogP contribution in [0, 0.1) is 0 Å². The van der Waals surface area contributed by atoms with Crippen molar-refractivity contribution in [2.75, 3.05) is 23.9 Å². The fraction of sp³-hybridized carbons (Fsp3) is 0.196. The fourth-order valence-electron chi connectivity index (χ4n) is 9.02. The molecule has 0 fully saturated rings. The molecule has 3 heterocycles. The Hall–Kier alpha value is -5.61. The molecule has 4 heteroatoms. The number of fused-ring (bicyclic) bond motifs is 5. The van der Waals surface area contributed by atoms with E-state index in [0.717, 1.165) is 49.5 Å². The van der Waals surface area contributed by atoms with E-state index in [1.54, 1.807) is 0 Å². The molecular weight excluding hydrogens is 613 g/mol. The maximum absolute atomic E-state index is 15.1. The zero-order valence-corrected chi connectivity index (χ0v) is 29.4. The molecule has 246 valence electrons. The minimum Gasteiger partial charge on any atom is -0.462 e. The van der Waals surface area contributed by atoms with Crippen LogP contribution in [0.2, 0.25) is 0 Å². The van der Waals surface area contributed by atoms with E-state index in [1.165, 1.54) is 16.8 Å². The van der Waals surface area contributed by atoms with Gasteiger partial charge in [-0.1, -0.05) is 98.8 Å². The van der Waals surface area contributed by atoms with Gasteiger partial charge in [-0.25, -0.2) is 0 Å².